The molecule has 1 heterocycles. The third kappa shape index (κ3) is 5.52. The van der Waals surface area contributed by atoms with Crippen LogP contribution in [0, 0.1) is 19.8 Å². The summed E-state index contributed by atoms with van der Waals surface area (Å²) in [6, 6.07) is 9.83. The van der Waals surface area contributed by atoms with Crippen molar-refractivity contribution in [2.75, 3.05) is 17.7 Å². The molecule has 2 aromatic rings. The zero-order valence-electron chi connectivity index (χ0n) is 20.1. The van der Waals surface area contributed by atoms with Crippen molar-refractivity contribution in [1.82, 2.24) is 4.90 Å². The Labute approximate surface area is 205 Å². The lowest BCUT2D eigenvalue weighted by Gasteiger charge is -2.39. The molecule has 0 radical (unpaired) electrons. The van der Waals surface area contributed by atoms with Crippen LogP contribution in [-0.2, 0) is 11.3 Å². The van der Waals surface area contributed by atoms with E-state index in [0.29, 0.717) is 6.54 Å². The van der Waals surface area contributed by atoms with E-state index < -0.39 is 0 Å². The molecule has 178 valence electrons. The van der Waals surface area contributed by atoms with Gasteiger partial charge >= 0.3 is 6.03 Å². The molecule has 1 aliphatic heterocycles. The molecule has 3 amide bonds. The Morgan fingerprint density at radius 3 is 2.42 bits per heavy atom. The number of ether oxygens (including phenoxy) is 1. The van der Waals surface area contributed by atoms with Gasteiger partial charge in [0, 0.05) is 28.2 Å². The highest BCUT2D eigenvalue weighted by Gasteiger charge is 2.35. The number of rotatable bonds is 4. The van der Waals surface area contributed by atoms with Crippen LogP contribution in [0.4, 0.5) is 16.2 Å². The number of carbonyl (C=O) groups is 2. The molecular weight excluding hydrogens is 482 g/mol. The van der Waals surface area contributed by atoms with E-state index in [4.69, 9.17) is 4.74 Å². The first-order valence-electron chi connectivity index (χ1n) is 11.7. The van der Waals surface area contributed by atoms with Crippen LogP contribution in [-0.4, -0.2) is 30.0 Å². The van der Waals surface area contributed by atoms with Crippen molar-refractivity contribution in [3.8, 4) is 5.75 Å². The van der Waals surface area contributed by atoms with Gasteiger partial charge in [-0.25, -0.2) is 4.79 Å². The number of urea groups is 1. The summed E-state index contributed by atoms with van der Waals surface area (Å²) in [4.78, 5) is 27.5. The van der Waals surface area contributed by atoms with Crippen LogP contribution in [0.5, 0.6) is 5.75 Å². The lowest BCUT2D eigenvalue weighted by atomic mass is 9.84. The monoisotopic (exact) mass is 515 g/mol. The summed E-state index contributed by atoms with van der Waals surface area (Å²) in [6.07, 6.45) is 3.19. The van der Waals surface area contributed by atoms with E-state index in [-0.39, 0.29) is 23.9 Å². The summed E-state index contributed by atoms with van der Waals surface area (Å²) in [7, 11) is 1.63. The first-order valence-corrected chi connectivity index (χ1v) is 12.5. The number of hydrogen-bond donors (Lipinski definition) is 2. The van der Waals surface area contributed by atoms with E-state index in [9.17, 15) is 9.59 Å². The number of aryl methyl sites for hydroxylation is 2. The molecule has 6 nitrogen and oxygen atoms in total. The zero-order valence-corrected chi connectivity index (χ0v) is 21.7. The smallest absolute Gasteiger partial charge is 0.322 e. The first kappa shape index (κ1) is 25.1. The molecule has 33 heavy (non-hydrogen) atoms. The van der Waals surface area contributed by atoms with Gasteiger partial charge in [-0.3, -0.25) is 4.79 Å². The highest BCUT2D eigenvalue weighted by Crippen LogP contribution is 2.37. The number of methoxy groups -OCH3 is 1. The minimum atomic E-state index is -0.0570. The summed E-state index contributed by atoms with van der Waals surface area (Å²) < 4.78 is 6.26. The fourth-order valence-electron chi connectivity index (χ4n) is 4.57. The normalized spacial score (nSPS) is 19.6. The van der Waals surface area contributed by atoms with Gasteiger partial charge in [0.05, 0.1) is 19.3 Å². The summed E-state index contributed by atoms with van der Waals surface area (Å²) in [6.45, 7) is 8.65. The standard InChI is InChI=1S/C24H28BrN3O3.C2H6/c1-14-5-11-20(25)22-19(14)13-28(24(30)27-22)18-9-6-16(7-10-18)23(29)26-17-8-4-15(2)21(12-17)31-3;1-2/h4-5,8,11-12,16,18H,6-7,9-10,13H2,1-3H3,(H,26,29)(H,27,30);1-2H3. The molecule has 0 unspecified atom stereocenters. The van der Waals surface area contributed by atoms with Gasteiger partial charge < -0.3 is 20.3 Å². The van der Waals surface area contributed by atoms with Crippen LogP contribution < -0.4 is 15.4 Å². The topological polar surface area (TPSA) is 70.7 Å². The maximum Gasteiger partial charge on any atom is 0.322 e. The average Bonchev–Trinajstić information content (AvgIpc) is 2.84. The number of halogens is 1. The van der Waals surface area contributed by atoms with Crippen molar-refractivity contribution in [2.24, 2.45) is 5.92 Å². The lowest BCUT2D eigenvalue weighted by molar-refractivity contribution is -0.121. The van der Waals surface area contributed by atoms with Gasteiger partial charge in [-0.1, -0.05) is 26.0 Å². The van der Waals surface area contributed by atoms with Gasteiger partial charge in [-0.15, -0.1) is 0 Å². The van der Waals surface area contributed by atoms with Crippen LogP contribution in [0.25, 0.3) is 0 Å². The second-order valence-electron chi connectivity index (χ2n) is 8.45. The number of amides is 3. The second-order valence-corrected chi connectivity index (χ2v) is 9.31. The van der Waals surface area contributed by atoms with Gasteiger partial charge in [0.2, 0.25) is 5.91 Å². The molecule has 2 N–H and O–H groups in total. The predicted molar refractivity (Wildman–Crippen MR) is 137 cm³/mol. The summed E-state index contributed by atoms with van der Waals surface area (Å²) in [5.74, 6) is 0.761. The van der Waals surface area contributed by atoms with E-state index in [2.05, 4.69) is 39.6 Å². The van der Waals surface area contributed by atoms with Crippen molar-refractivity contribution >= 4 is 39.2 Å². The van der Waals surface area contributed by atoms with E-state index in [1.165, 1.54) is 5.56 Å². The number of benzene rings is 2. The Hall–Kier alpha value is -2.54. The van der Waals surface area contributed by atoms with Crippen LogP contribution in [0.3, 0.4) is 0 Å². The van der Waals surface area contributed by atoms with E-state index in [1.807, 2.05) is 49.9 Å². The molecule has 0 saturated heterocycles. The molecule has 0 bridgehead atoms. The molecule has 0 atom stereocenters. The van der Waals surface area contributed by atoms with Crippen LogP contribution in [0.2, 0.25) is 0 Å². The van der Waals surface area contributed by atoms with Crippen LogP contribution >= 0.6 is 15.9 Å². The fraction of sp³-hybridized carbons (Fsp3) is 0.462. The largest absolute Gasteiger partial charge is 0.496 e. The average molecular weight is 516 g/mol. The highest BCUT2D eigenvalue weighted by molar-refractivity contribution is 9.10. The maximum atomic E-state index is 12.8. The number of carbonyl (C=O) groups excluding carboxylic acids is 2. The number of fused-ring (bicyclic) bond motifs is 1. The molecule has 0 spiro atoms. The minimum absolute atomic E-state index is 0.0394. The summed E-state index contributed by atoms with van der Waals surface area (Å²) >= 11 is 3.54. The SMILES string of the molecule is CC.COc1cc(NC(=O)C2CCC(N3Cc4c(C)ccc(Br)c4NC3=O)CC2)ccc1C. The lowest BCUT2D eigenvalue weighted by Crippen LogP contribution is -2.47. The molecule has 1 saturated carbocycles. The Balaban J connectivity index is 0.00000149. The quantitative estimate of drug-likeness (QED) is 0.478. The number of nitrogens with one attached hydrogen (secondary N) is 2. The Morgan fingerprint density at radius 1 is 1.09 bits per heavy atom. The molecule has 7 heteroatoms. The van der Waals surface area contributed by atoms with Crippen molar-refractivity contribution < 1.29 is 14.3 Å². The predicted octanol–water partition coefficient (Wildman–Crippen LogP) is 6.65. The Morgan fingerprint density at radius 2 is 1.76 bits per heavy atom. The van der Waals surface area contributed by atoms with Crippen molar-refractivity contribution in [3.63, 3.8) is 0 Å². The van der Waals surface area contributed by atoms with E-state index in [1.54, 1.807) is 7.11 Å². The van der Waals surface area contributed by atoms with Gasteiger partial charge in [0.25, 0.3) is 0 Å². The highest BCUT2D eigenvalue weighted by atomic mass is 79.9. The van der Waals surface area contributed by atoms with Crippen LogP contribution in [0.15, 0.2) is 34.8 Å². The van der Waals surface area contributed by atoms with Crippen molar-refractivity contribution in [1.29, 1.82) is 0 Å². The third-order valence-corrected chi connectivity index (χ3v) is 7.16. The molecule has 2 aromatic carbocycles. The molecule has 0 aromatic heterocycles. The fourth-order valence-corrected chi connectivity index (χ4v) is 5.04. The maximum absolute atomic E-state index is 12.8. The van der Waals surface area contributed by atoms with E-state index in [0.717, 1.165) is 58.4 Å². The van der Waals surface area contributed by atoms with Gasteiger partial charge in [0.1, 0.15) is 5.75 Å². The molecule has 4 rings (SSSR count). The van der Waals surface area contributed by atoms with Crippen LogP contribution in [0.1, 0.15) is 56.2 Å². The van der Waals surface area contributed by atoms with Crippen molar-refractivity contribution in [3.05, 3.63) is 51.5 Å². The Bertz CT molecular complexity index is 1020. The number of anilines is 2. The van der Waals surface area contributed by atoms with E-state index >= 15 is 0 Å². The Kier molecular flexibility index (Phi) is 8.40. The number of nitrogens with zero attached hydrogens (tertiary/aromatic N) is 1. The summed E-state index contributed by atoms with van der Waals surface area (Å²) in [5, 5.41) is 6.07. The molecule has 2 aliphatic rings. The molecule has 1 fully saturated rings. The van der Waals surface area contributed by atoms with Gasteiger partial charge in [-0.2, -0.15) is 0 Å². The molecular formula is C26H34BrN3O3. The second kappa shape index (κ2) is 11.1. The van der Waals surface area contributed by atoms with Crippen molar-refractivity contribution in [2.45, 2.75) is 66.0 Å². The first-order chi connectivity index (χ1) is 15.9. The number of hydrogen-bond acceptors (Lipinski definition) is 3. The van der Waals surface area contributed by atoms with Gasteiger partial charge in [0.15, 0.2) is 0 Å². The minimum Gasteiger partial charge on any atom is -0.496 e. The third-order valence-electron chi connectivity index (χ3n) is 6.50. The molecule has 1 aliphatic carbocycles. The summed E-state index contributed by atoms with van der Waals surface area (Å²) in [5.41, 5.74) is 4.99. The van der Waals surface area contributed by atoms with Gasteiger partial charge in [-0.05, 0) is 84.3 Å². The zero-order chi connectivity index (χ0) is 24.1.